The van der Waals surface area contributed by atoms with Crippen molar-refractivity contribution in [3.05, 3.63) is 12.2 Å². The molecule has 0 radical (unpaired) electrons. The number of carboxylic acids is 1. The van der Waals surface area contributed by atoms with Gasteiger partial charge in [-0.15, -0.1) is 0 Å². The number of hydrogen-bond donors (Lipinski definition) is 4. The zero-order valence-electron chi connectivity index (χ0n) is 11.1. The molecule has 0 heterocycles. The topological polar surface area (TPSA) is 148 Å². The first kappa shape index (κ1) is 17.6. The van der Waals surface area contributed by atoms with Gasteiger partial charge in [0.25, 0.3) is 0 Å². The Labute approximate surface area is 115 Å². The molecule has 0 aromatic rings. The molecule has 0 unspecified atom stereocenters. The summed E-state index contributed by atoms with van der Waals surface area (Å²) in [6.07, 6.45) is 1.84. The van der Waals surface area contributed by atoms with Crippen LogP contribution in [0.2, 0.25) is 0 Å². The molecule has 2 amide bonds. The summed E-state index contributed by atoms with van der Waals surface area (Å²) in [5, 5.41) is 13.0. The molecule has 0 saturated heterocycles. The Kier molecular flexibility index (Phi) is 7.60. The SMILES string of the molecule is COC(=O)/C=C/C(=O)NC[C@H](N)C(=O)N[C@@H](C)C(=O)O. The Hall–Kier alpha value is -2.42. The van der Waals surface area contributed by atoms with Crippen LogP contribution < -0.4 is 16.4 Å². The standard InChI is InChI=1S/C11H17N3O6/c1-6(11(18)19)14-10(17)7(12)5-13-8(15)3-4-9(16)20-2/h3-4,6-7H,5,12H2,1-2H3,(H,13,15)(H,14,17)(H,18,19)/b4-3+/t6-,7-/m0/s1. The van der Waals surface area contributed by atoms with Gasteiger partial charge in [-0.05, 0) is 6.92 Å². The number of aliphatic carboxylic acids is 1. The highest BCUT2D eigenvalue weighted by molar-refractivity contribution is 5.95. The first-order valence-electron chi connectivity index (χ1n) is 5.60. The summed E-state index contributed by atoms with van der Waals surface area (Å²) in [4.78, 5) is 43.9. The summed E-state index contributed by atoms with van der Waals surface area (Å²) in [7, 11) is 1.16. The first-order valence-corrected chi connectivity index (χ1v) is 5.60. The van der Waals surface area contributed by atoms with E-state index in [1.54, 1.807) is 0 Å². The summed E-state index contributed by atoms with van der Waals surface area (Å²) in [6, 6.07) is -2.18. The van der Waals surface area contributed by atoms with Crippen LogP contribution in [-0.4, -0.2) is 54.6 Å². The largest absolute Gasteiger partial charge is 0.480 e. The Bertz CT molecular complexity index is 420. The average Bonchev–Trinajstić information content (AvgIpc) is 2.41. The summed E-state index contributed by atoms with van der Waals surface area (Å²) >= 11 is 0. The van der Waals surface area contributed by atoms with Crippen LogP contribution in [0.25, 0.3) is 0 Å². The summed E-state index contributed by atoms with van der Waals surface area (Å²) in [6.45, 7) is 1.08. The molecule has 112 valence electrons. The van der Waals surface area contributed by atoms with Gasteiger partial charge >= 0.3 is 11.9 Å². The lowest BCUT2D eigenvalue weighted by atomic mass is 10.2. The van der Waals surface area contributed by atoms with Gasteiger partial charge in [-0.25, -0.2) is 4.79 Å². The van der Waals surface area contributed by atoms with Gasteiger partial charge < -0.3 is 26.2 Å². The second-order valence-electron chi connectivity index (χ2n) is 3.78. The van der Waals surface area contributed by atoms with Crippen LogP contribution in [0, 0.1) is 0 Å². The number of carboxylic acid groups (broad SMARTS) is 1. The highest BCUT2D eigenvalue weighted by Gasteiger charge is 2.19. The van der Waals surface area contributed by atoms with E-state index in [1.165, 1.54) is 6.92 Å². The Morgan fingerprint density at radius 2 is 1.90 bits per heavy atom. The highest BCUT2D eigenvalue weighted by Crippen LogP contribution is 1.85. The Morgan fingerprint density at radius 1 is 1.30 bits per heavy atom. The van der Waals surface area contributed by atoms with E-state index in [2.05, 4.69) is 15.4 Å². The van der Waals surface area contributed by atoms with Gasteiger partial charge in [-0.3, -0.25) is 14.4 Å². The molecule has 0 aromatic carbocycles. The van der Waals surface area contributed by atoms with Crippen molar-refractivity contribution in [2.75, 3.05) is 13.7 Å². The van der Waals surface area contributed by atoms with Crippen molar-refractivity contribution < 1.29 is 29.0 Å². The zero-order valence-corrected chi connectivity index (χ0v) is 11.1. The normalized spacial score (nSPS) is 13.3. The maximum atomic E-state index is 11.4. The molecule has 0 aliphatic rings. The van der Waals surface area contributed by atoms with Crippen molar-refractivity contribution in [2.45, 2.75) is 19.0 Å². The minimum atomic E-state index is -1.20. The molecule has 5 N–H and O–H groups in total. The van der Waals surface area contributed by atoms with Gasteiger partial charge in [0.1, 0.15) is 12.1 Å². The molecule has 0 rings (SSSR count). The van der Waals surface area contributed by atoms with E-state index in [0.717, 1.165) is 19.3 Å². The predicted octanol–water partition coefficient (Wildman–Crippen LogP) is -2.25. The highest BCUT2D eigenvalue weighted by atomic mass is 16.5. The van der Waals surface area contributed by atoms with Gasteiger partial charge in [0.2, 0.25) is 11.8 Å². The van der Waals surface area contributed by atoms with Crippen LogP contribution in [0.4, 0.5) is 0 Å². The van der Waals surface area contributed by atoms with Crippen LogP contribution in [-0.2, 0) is 23.9 Å². The number of amides is 2. The van der Waals surface area contributed by atoms with Crippen LogP contribution in [0.3, 0.4) is 0 Å². The molecule has 0 spiro atoms. The molecule has 2 atom stereocenters. The lowest BCUT2D eigenvalue weighted by molar-refractivity contribution is -0.141. The summed E-state index contributed by atoms with van der Waals surface area (Å²) in [5.41, 5.74) is 5.46. The number of ether oxygens (including phenoxy) is 1. The molecule has 0 aliphatic carbocycles. The maximum Gasteiger partial charge on any atom is 0.330 e. The number of methoxy groups -OCH3 is 1. The van der Waals surface area contributed by atoms with E-state index >= 15 is 0 Å². The van der Waals surface area contributed by atoms with Crippen molar-refractivity contribution in [1.82, 2.24) is 10.6 Å². The fraction of sp³-hybridized carbons (Fsp3) is 0.455. The van der Waals surface area contributed by atoms with Crippen molar-refractivity contribution in [3.8, 4) is 0 Å². The van der Waals surface area contributed by atoms with E-state index in [-0.39, 0.29) is 6.54 Å². The molecule has 0 fully saturated rings. The van der Waals surface area contributed by atoms with Gasteiger partial charge in [-0.1, -0.05) is 0 Å². The summed E-state index contributed by atoms with van der Waals surface area (Å²) in [5.74, 6) is -3.24. The van der Waals surface area contributed by atoms with Gasteiger partial charge in [0.05, 0.1) is 7.11 Å². The van der Waals surface area contributed by atoms with Crippen molar-refractivity contribution in [1.29, 1.82) is 0 Å². The van der Waals surface area contributed by atoms with E-state index in [4.69, 9.17) is 10.8 Å². The monoisotopic (exact) mass is 287 g/mol. The van der Waals surface area contributed by atoms with Crippen molar-refractivity contribution in [2.24, 2.45) is 5.73 Å². The zero-order chi connectivity index (χ0) is 15.7. The number of rotatable bonds is 7. The first-order chi connectivity index (χ1) is 9.27. The molecule has 0 aliphatic heterocycles. The van der Waals surface area contributed by atoms with Crippen LogP contribution >= 0.6 is 0 Å². The van der Waals surface area contributed by atoms with Gasteiger partial charge in [0.15, 0.2) is 0 Å². The second-order valence-corrected chi connectivity index (χ2v) is 3.78. The number of carbonyl (C=O) groups is 4. The quantitative estimate of drug-likeness (QED) is 0.305. The number of nitrogens with two attached hydrogens (primary N) is 1. The molecular weight excluding hydrogens is 270 g/mol. The summed E-state index contributed by atoms with van der Waals surface area (Å²) < 4.78 is 4.28. The van der Waals surface area contributed by atoms with Gasteiger partial charge in [0, 0.05) is 18.7 Å². The van der Waals surface area contributed by atoms with E-state index < -0.39 is 35.8 Å². The fourth-order valence-corrected chi connectivity index (χ4v) is 0.956. The van der Waals surface area contributed by atoms with Crippen molar-refractivity contribution in [3.63, 3.8) is 0 Å². The third-order valence-electron chi connectivity index (χ3n) is 2.13. The lowest BCUT2D eigenvalue weighted by Gasteiger charge is -2.14. The Morgan fingerprint density at radius 3 is 2.40 bits per heavy atom. The minimum absolute atomic E-state index is 0.206. The van der Waals surface area contributed by atoms with E-state index in [1.807, 2.05) is 0 Å². The van der Waals surface area contributed by atoms with E-state index in [0.29, 0.717) is 0 Å². The minimum Gasteiger partial charge on any atom is -0.480 e. The fourth-order valence-electron chi connectivity index (χ4n) is 0.956. The molecule has 9 heteroatoms. The van der Waals surface area contributed by atoms with Crippen LogP contribution in [0.5, 0.6) is 0 Å². The number of esters is 1. The lowest BCUT2D eigenvalue weighted by Crippen LogP contribution is -2.51. The number of nitrogens with one attached hydrogen (secondary N) is 2. The predicted molar refractivity (Wildman–Crippen MR) is 67.4 cm³/mol. The average molecular weight is 287 g/mol. The third-order valence-corrected chi connectivity index (χ3v) is 2.13. The molecule has 0 bridgehead atoms. The number of carbonyl (C=O) groups excluding carboxylic acids is 3. The molecule has 20 heavy (non-hydrogen) atoms. The van der Waals surface area contributed by atoms with E-state index in [9.17, 15) is 19.2 Å². The molecule has 0 saturated carbocycles. The molecular formula is C11H17N3O6. The van der Waals surface area contributed by atoms with Crippen molar-refractivity contribution >= 4 is 23.8 Å². The van der Waals surface area contributed by atoms with Crippen LogP contribution in [0.1, 0.15) is 6.92 Å². The molecule has 9 nitrogen and oxygen atoms in total. The Balaban J connectivity index is 4.15. The maximum absolute atomic E-state index is 11.4. The third kappa shape index (κ3) is 7.11. The second kappa shape index (κ2) is 8.64. The number of hydrogen-bond acceptors (Lipinski definition) is 6. The molecule has 0 aromatic heterocycles. The van der Waals surface area contributed by atoms with Gasteiger partial charge in [-0.2, -0.15) is 0 Å². The smallest absolute Gasteiger partial charge is 0.330 e. The van der Waals surface area contributed by atoms with Crippen LogP contribution in [0.15, 0.2) is 12.2 Å².